The third kappa shape index (κ3) is 5.80. The lowest BCUT2D eigenvalue weighted by molar-refractivity contribution is 0.268. The normalized spacial score (nSPS) is 13.5. The lowest BCUT2D eigenvalue weighted by Gasteiger charge is -2.29. The van der Waals surface area contributed by atoms with Crippen LogP contribution in [-0.4, -0.2) is 18.1 Å². The molecule has 5 heteroatoms. The van der Waals surface area contributed by atoms with Crippen LogP contribution in [-0.2, 0) is 13.2 Å². The fourth-order valence-electron chi connectivity index (χ4n) is 4.36. The van der Waals surface area contributed by atoms with Crippen molar-refractivity contribution in [2.45, 2.75) is 32.5 Å². The first-order chi connectivity index (χ1) is 17.3. The number of rotatable bonds is 8. The number of piperidine rings is 1. The Morgan fingerprint density at radius 2 is 1.37 bits per heavy atom. The molecule has 4 aromatic rings. The van der Waals surface area contributed by atoms with Crippen LogP contribution >= 0.6 is 0 Å². The van der Waals surface area contributed by atoms with Gasteiger partial charge in [0.25, 0.3) is 0 Å². The smallest absolute Gasteiger partial charge is 0.225 e. The van der Waals surface area contributed by atoms with E-state index in [1.165, 1.54) is 6.42 Å². The number of halogens is 1. The maximum absolute atomic E-state index is 15.2. The van der Waals surface area contributed by atoms with E-state index in [9.17, 15) is 0 Å². The van der Waals surface area contributed by atoms with Gasteiger partial charge in [-0.1, -0.05) is 66.7 Å². The highest BCUT2D eigenvalue weighted by atomic mass is 19.1. The van der Waals surface area contributed by atoms with Crippen LogP contribution in [0.5, 0.6) is 11.8 Å². The monoisotopic (exact) mass is 468 g/mol. The topological polar surface area (TPSA) is 34.6 Å². The molecule has 4 nitrogen and oxygen atoms in total. The number of pyridine rings is 1. The second-order valence-electron chi connectivity index (χ2n) is 8.76. The Morgan fingerprint density at radius 3 is 2.03 bits per heavy atom. The summed E-state index contributed by atoms with van der Waals surface area (Å²) in [7, 11) is 0. The maximum atomic E-state index is 15.2. The van der Waals surface area contributed by atoms with Crippen LogP contribution in [0.4, 0.5) is 10.1 Å². The number of anilines is 1. The summed E-state index contributed by atoms with van der Waals surface area (Å²) in [6.45, 7) is 2.56. The van der Waals surface area contributed by atoms with Crippen molar-refractivity contribution in [2.75, 3.05) is 18.0 Å². The Labute approximate surface area is 206 Å². The van der Waals surface area contributed by atoms with Crippen molar-refractivity contribution in [2.24, 2.45) is 0 Å². The predicted octanol–water partition coefficient (Wildman–Crippen LogP) is 7.04. The van der Waals surface area contributed by atoms with Crippen molar-refractivity contribution in [3.63, 3.8) is 0 Å². The van der Waals surface area contributed by atoms with Gasteiger partial charge in [-0.3, -0.25) is 0 Å². The highest BCUT2D eigenvalue weighted by Crippen LogP contribution is 2.34. The molecular formula is C30H29FN2O2. The summed E-state index contributed by atoms with van der Waals surface area (Å²) in [5, 5.41) is 0. The van der Waals surface area contributed by atoms with Crippen molar-refractivity contribution in [3.05, 3.63) is 108 Å². The molecule has 0 bridgehead atoms. The Hall–Kier alpha value is -3.86. The van der Waals surface area contributed by atoms with Crippen molar-refractivity contribution in [1.29, 1.82) is 0 Å². The van der Waals surface area contributed by atoms with Gasteiger partial charge in [-0.25, -0.2) is 4.39 Å². The highest BCUT2D eigenvalue weighted by molar-refractivity contribution is 5.71. The zero-order valence-electron chi connectivity index (χ0n) is 19.7. The Bertz CT molecular complexity index is 1240. The van der Waals surface area contributed by atoms with Crippen molar-refractivity contribution in [3.8, 4) is 22.9 Å². The molecule has 2 heterocycles. The third-order valence-corrected chi connectivity index (χ3v) is 6.24. The Kier molecular flexibility index (Phi) is 7.23. The summed E-state index contributed by atoms with van der Waals surface area (Å²) < 4.78 is 27.2. The van der Waals surface area contributed by atoms with Gasteiger partial charge in [-0.2, -0.15) is 4.98 Å². The second kappa shape index (κ2) is 11.0. The first-order valence-corrected chi connectivity index (χ1v) is 12.2. The van der Waals surface area contributed by atoms with Gasteiger partial charge in [0.1, 0.15) is 19.0 Å². The minimum Gasteiger partial charge on any atom is -0.473 e. The molecule has 0 atom stereocenters. The van der Waals surface area contributed by atoms with Gasteiger partial charge in [0.05, 0.1) is 5.69 Å². The van der Waals surface area contributed by atoms with E-state index in [-0.39, 0.29) is 5.82 Å². The van der Waals surface area contributed by atoms with E-state index in [0.29, 0.717) is 30.7 Å². The fourth-order valence-corrected chi connectivity index (χ4v) is 4.36. The van der Waals surface area contributed by atoms with Crippen LogP contribution in [0, 0.1) is 5.82 Å². The SMILES string of the molecule is Fc1cc(-c2ccc(OCc3ccccc3)nc2OCc2ccccc2)ccc1N1CCCCC1. The van der Waals surface area contributed by atoms with Crippen LogP contribution in [0.25, 0.3) is 11.1 Å². The third-order valence-electron chi connectivity index (χ3n) is 6.24. The van der Waals surface area contributed by atoms with Gasteiger partial charge in [0.15, 0.2) is 0 Å². The fraction of sp³-hybridized carbons (Fsp3) is 0.233. The molecule has 0 saturated carbocycles. The number of nitrogens with zero attached hydrogens (tertiary/aromatic N) is 2. The summed E-state index contributed by atoms with van der Waals surface area (Å²) in [5.41, 5.74) is 4.21. The van der Waals surface area contributed by atoms with Crippen LogP contribution in [0.15, 0.2) is 91.0 Å². The molecule has 0 N–H and O–H groups in total. The lowest BCUT2D eigenvalue weighted by Crippen LogP contribution is -2.30. The lowest BCUT2D eigenvalue weighted by atomic mass is 10.0. The van der Waals surface area contributed by atoms with Gasteiger partial charge < -0.3 is 14.4 Å². The molecule has 0 radical (unpaired) electrons. The van der Waals surface area contributed by atoms with E-state index in [1.54, 1.807) is 6.07 Å². The first-order valence-electron chi connectivity index (χ1n) is 12.2. The molecule has 0 aliphatic carbocycles. The second-order valence-corrected chi connectivity index (χ2v) is 8.76. The number of hydrogen-bond donors (Lipinski definition) is 0. The van der Waals surface area contributed by atoms with E-state index < -0.39 is 0 Å². The van der Waals surface area contributed by atoms with Gasteiger partial charge in [0.2, 0.25) is 11.8 Å². The van der Waals surface area contributed by atoms with E-state index in [1.807, 2.05) is 84.9 Å². The van der Waals surface area contributed by atoms with Gasteiger partial charge in [-0.15, -0.1) is 0 Å². The Morgan fingerprint density at radius 1 is 0.714 bits per heavy atom. The number of aromatic nitrogens is 1. The van der Waals surface area contributed by atoms with Crippen molar-refractivity contribution >= 4 is 5.69 Å². The first kappa shape index (κ1) is 22.9. The molecule has 3 aromatic carbocycles. The van der Waals surface area contributed by atoms with Gasteiger partial charge in [-0.05, 0) is 54.2 Å². The molecule has 1 fully saturated rings. The van der Waals surface area contributed by atoms with Crippen LogP contribution in [0.3, 0.4) is 0 Å². The molecule has 1 aliphatic heterocycles. The van der Waals surface area contributed by atoms with Crippen LogP contribution in [0.1, 0.15) is 30.4 Å². The van der Waals surface area contributed by atoms with Crippen LogP contribution in [0.2, 0.25) is 0 Å². The van der Waals surface area contributed by atoms with Gasteiger partial charge in [0, 0.05) is 24.7 Å². The molecule has 35 heavy (non-hydrogen) atoms. The molecule has 1 saturated heterocycles. The molecule has 0 unspecified atom stereocenters. The number of hydrogen-bond acceptors (Lipinski definition) is 4. The van der Waals surface area contributed by atoms with E-state index >= 15 is 4.39 Å². The standard InChI is InChI=1S/C30H29FN2O2/c31-27-20-25(14-16-28(27)33-18-8-3-9-19-33)26-15-17-29(34-21-23-10-4-1-5-11-23)32-30(26)35-22-24-12-6-2-7-13-24/h1-2,4-7,10-17,20H,3,8-9,18-19,21-22H2. The maximum Gasteiger partial charge on any atom is 0.225 e. The Balaban J connectivity index is 1.41. The summed E-state index contributed by atoms with van der Waals surface area (Å²) in [6, 6.07) is 29.0. The molecule has 1 aromatic heterocycles. The van der Waals surface area contributed by atoms with E-state index in [0.717, 1.165) is 48.2 Å². The predicted molar refractivity (Wildman–Crippen MR) is 137 cm³/mol. The van der Waals surface area contributed by atoms with Gasteiger partial charge >= 0.3 is 0 Å². The van der Waals surface area contributed by atoms with Crippen molar-refractivity contribution in [1.82, 2.24) is 4.98 Å². The average molecular weight is 469 g/mol. The van der Waals surface area contributed by atoms with Crippen molar-refractivity contribution < 1.29 is 13.9 Å². The molecule has 1 aliphatic rings. The molecule has 178 valence electrons. The van der Waals surface area contributed by atoms with E-state index in [2.05, 4.69) is 9.88 Å². The molecule has 5 rings (SSSR count). The van der Waals surface area contributed by atoms with Crippen LogP contribution < -0.4 is 14.4 Å². The molecular weight excluding hydrogens is 439 g/mol. The van der Waals surface area contributed by atoms with E-state index in [4.69, 9.17) is 9.47 Å². The summed E-state index contributed by atoms with van der Waals surface area (Å²) >= 11 is 0. The number of ether oxygens (including phenoxy) is 2. The quantitative estimate of drug-likeness (QED) is 0.278. The minimum absolute atomic E-state index is 0.220. The average Bonchev–Trinajstić information content (AvgIpc) is 2.92. The largest absolute Gasteiger partial charge is 0.473 e. The molecule has 0 amide bonds. The summed E-state index contributed by atoms with van der Waals surface area (Å²) in [6.07, 6.45) is 3.42. The summed E-state index contributed by atoms with van der Waals surface area (Å²) in [5.74, 6) is 0.665. The molecule has 0 spiro atoms. The zero-order chi connectivity index (χ0) is 23.9. The zero-order valence-corrected chi connectivity index (χ0v) is 19.7. The summed E-state index contributed by atoms with van der Waals surface area (Å²) in [4.78, 5) is 6.78. The minimum atomic E-state index is -0.220. The number of benzene rings is 3. The highest BCUT2D eigenvalue weighted by Gasteiger charge is 2.17.